The molecule has 1 unspecified atom stereocenters. The van der Waals surface area contributed by atoms with Gasteiger partial charge in [0.05, 0.1) is 56.9 Å². The van der Waals surface area contributed by atoms with Gasteiger partial charge >= 0.3 is 75.3 Å². The van der Waals surface area contributed by atoms with Crippen molar-refractivity contribution in [1.29, 1.82) is 0 Å². The summed E-state index contributed by atoms with van der Waals surface area (Å²) >= 11 is 0. The van der Waals surface area contributed by atoms with Crippen LogP contribution in [0.25, 0.3) is 56.9 Å². The summed E-state index contributed by atoms with van der Waals surface area (Å²) in [7, 11) is 4.04. The molecule has 0 spiro atoms. The Morgan fingerprint density at radius 3 is 1.42 bits per heavy atom. The monoisotopic (exact) mass is 2280 g/mol. The van der Waals surface area contributed by atoms with Crippen molar-refractivity contribution >= 4 is 11.7 Å². The van der Waals surface area contributed by atoms with E-state index in [0.717, 1.165) is 104 Å². The molecule has 116 heavy (non-hydrogen) atoms. The number of para-hydroxylation sites is 1. The molecular weight excluding hydrogens is 2200 g/mol. The maximum absolute atomic E-state index is 13.9. The number of carboxylic acids is 1. The summed E-state index contributed by atoms with van der Waals surface area (Å²) in [6.45, 7) is 20.4. The number of carboxylic acid groups (broad SMARTS) is 1. The van der Waals surface area contributed by atoms with E-state index in [1.165, 1.54) is 6.07 Å². The molecule has 10 aromatic heterocycles. The Morgan fingerprint density at radius 2 is 0.948 bits per heavy atom. The third-order valence-electron chi connectivity index (χ3n) is 19.5. The number of aromatic nitrogens is 14. The SMILES string of the molecule is CC(C)(c1cccc(C(=O)O)n1)c1cccc(-c2[c-]cc(F)nc2F)n1.CCC(CC)(C1=CC(C)[N+](c2[c-]cccc2)=N1)c1cccc(-c2[c-]cccc2)n1.Cc1c[c-]n(-c2cccc(C(C)(C)c3cccc(-n4[c-]cc(C(F)(F)F)n4)n3)n2)n1.Cn1cc(C(C)(C)c2cn(C)c(-c3[c-]cccc3)n2)nc1-c1[c-]cccc1.[Pt+2].[Pt+2].[Pt+2].[Pt]. The normalized spacial score (nSPS) is 12.6. The van der Waals surface area contributed by atoms with Crippen LogP contribution in [-0.2, 0) is 126 Å². The number of halogens is 5. The predicted octanol–water partition coefficient (Wildman–Crippen LogP) is 18.6. The van der Waals surface area contributed by atoms with Crippen LogP contribution in [0.1, 0.15) is 137 Å². The van der Waals surface area contributed by atoms with E-state index in [0.29, 0.717) is 22.9 Å². The van der Waals surface area contributed by atoms with E-state index in [4.69, 9.17) is 30.2 Å². The molecular formula is C89H79F5N16O2Pt4. The average Bonchev–Trinajstić information content (AvgIpc) is 1.53. The van der Waals surface area contributed by atoms with Crippen LogP contribution in [-0.4, -0.2) is 90.4 Å². The average molecular weight is 2280 g/mol. The van der Waals surface area contributed by atoms with Crippen LogP contribution in [0.2, 0.25) is 0 Å². The summed E-state index contributed by atoms with van der Waals surface area (Å²) < 4.78 is 74.2. The number of nitrogens with zero attached hydrogens (tertiary/aromatic N) is 16. The fraction of sp³-hybridized carbons (Fsp3) is 0.225. The van der Waals surface area contributed by atoms with E-state index in [1.54, 1.807) is 59.3 Å². The summed E-state index contributed by atoms with van der Waals surface area (Å²) in [6, 6.07) is 77.7. The largest absolute Gasteiger partial charge is 2.00 e. The van der Waals surface area contributed by atoms with Gasteiger partial charge in [0.1, 0.15) is 29.0 Å². The number of rotatable bonds is 18. The molecule has 4 aromatic carbocycles. The molecule has 1 N–H and O–H groups in total. The van der Waals surface area contributed by atoms with Crippen molar-refractivity contribution in [3.05, 3.63) is 342 Å². The van der Waals surface area contributed by atoms with Gasteiger partial charge in [-0.2, -0.15) is 31.4 Å². The van der Waals surface area contributed by atoms with E-state index in [2.05, 4.69) is 170 Å². The first-order chi connectivity index (χ1) is 53.6. The molecule has 602 valence electrons. The van der Waals surface area contributed by atoms with Gasteiger partial charge in [0, 0.05) is 94.2 Å². The Kier molecular flexibility index (Phi) is 30.9. The molecule has 0 amide bonds. The zero-order valence-corrected chi connectivity index (χ0v) is 74.1. The van der Waals surface area contributed by atoms with Gasteiger partial charge in [0.15, 0.2) is 6.04 Å². The van der Waals surface area contributed by atoms with Gasteiger partial charge in [-0.05, 0) is 113 Å². The van der Waals surface area contributed by atoms with Crippen molar-refractivity contribution in [1.82, 2.24) is 68.6 Å². The molecule has 0 bridgehead atoms. The molecule has 14 aromatic rings. The Balaban J connectivity index is 0.000000191. The van der Waals surface area contributed by atoms with Gasteiger partial charge < -0.3 is 33.6 Å². The van der Waals surface area contributed by atoms with E-state index < -0.39 is 40.6 Å². The Hall–Kier alpha value is -10.2. The number of benzene rings is 4. The van der Waals surface area contributed by atoms with Crippen molar-refractivity contribution in [2.75, 3.05) is 0 Å². The van der Waals surface area contributed by atoms with E-state index in [9.17, 15) is 26.7 Å². The second-order valence-corrected chi connectivity index (χ2v) is 28.2. The minimum atomic E-state index is -4.54. The standard InChI is InChI=1S/C26H26N3.C23H22N4.C21H17F3N6.C19H14F2N3O2.4Pt/c1-4-26(5-2,24-18-12-17-23(27-24)21-13-8-6-9-14-21)25-19-20(3)29(28-25)22-15-10-7-11-16-22;1-23(2,19-15-26(3)21(24-19)17-11-7-5-8-12-17)20-16-27(4)22(25-20)18-13-9-6-10-14-18;1-14-10-12-29(27-14)18-8-4-6-15(25-18)20(2,3)16-7-5-9-19(26-16)30-13-11-17(28-30)21(22,23)24;1-19(2,15-8-4-6-13(23-15)18(25)26)14-7-3-5-12(22-14)11-9-10-16(20)24-17(11)21;;;;/h6-13,15,17-20H,4-5H2,1-3H3;5-11,13,15-16H,1-4H3;4-11H,1-3H3;3-8,10H,1-2H3,(H,25,26);;;;/q-1;2*-2;-1;;3*+2. The van der Waals surface area contributed by atoms with Crippen molar-refractivity contribution in [2.24, 2.45) is 19.2 Å². The number of pyridine rings is 6. The zero-order valence-electron chi connectivity index (χ0n) is 65.0. The molecule has 1 atom stereocenters. The van der Waals surface area contributed by atoms with Crippen molar-refractivity contribution in [3.8, 4) is 56.9 Å². The molecule has 0 fully saturated rings. The fourth-order valence-corrected chi connectivity index (χ4v) is 12.8. The minimum Gasteiger partial charge on any atom is -0.477 e. The quantitative estimate of drug-likeness (QED) is 0.0369. The van der Waals surface area contributed by atoms with Gasteiger partial charge in [-0.25, -0.2) is 18.6 Å². The van der Waals surface area contributed by atoms with Crippen LogP contribution in [0, 0.1) is 61.5 Å². The predicted molar refractivity (Wildman–Crippen MR) is 415 cm³/mol. The first-order valence-corrected chi connectivity index (χ1v) is 36.1. The summed E-state index contributed by atoms with van der Waals surface area (Å²) in [5.41, 5.74) is 9.48. The van der Waals surface area contributed by atoms with Gasteiger partial charge in [0.2, 0.25) is 0 Å². The van der Waals surface area contributed by atoms with Crippen LogP contribution in [0.3, 0.4) is 0 Å². The Bertz CT molecular complexity index is 5610. The number of azo groups is 2. The van der Waals surface area contributed by atoms with Gasteiger partial charge in [0.25, 0.3) is 0 Å². The van der Waals surface area contributed by atoms with Crippen LogP contribution in [0.4, 0.5) is 27.6 Å². The smallest absolute Gasteiger partial charge is 0.477 e. The van der Waals surface area contributed by atoms with Crippen molar-refractivity contribution in [2.45, 2.75) is 116 Å². The number of carbonyl (C=O) groups is 1. The van der Waals surface area contributed by atoms with Crippen LogP contribution in [0.15, 0.2) is 236 Å². The molecule has 0 saturated carbocycles. The molecule has 0 radical (unpaired) electrons. The first kappa shape index (κ1) is 91.4. The Labute approximate surface area is 729 Å². The summed E-state index contributed by atoms with van der Waals surface area (Å²) in [5, 5.41) is 22.1. The van der Waals surface area contributed by atoms with E-state index in [1.807, 2.05) is 152 Å². The fourth-order valence-electron chi connectivity index (χ4n) is 12.8. The zero-order chi connectivity index (χ0) is 79.7. The molecule has 0 saturated heterocycles. The van der Waals surface area contributed by atoms with Gasteiger partial charge in [-0.15, -0.1) is 137 Å². The molecule has 1 aliphatic rings. The van der Waals surface area contributed by atoms with Gasteiger partial charge in [-0.1, -0.05) is 105 Å². The molecule has 15 rings (SSSR count). The maximum atomic E-state index is 13.9. The van der Waals surface area contributed by atoms with Crippen LogP contribution in [0.5, 0.6) is 0 Å². The number of imidazole rings is 2. The maximum Gasteiger partial charge on any atom is 2.00 e. The molecule has 27 heteroatoms. The second kappa shape index (κ2) is 39.2. The third kappa shape index (κ3) is 20.6. The first-order valence-electron chi connectivity index (χ1n) is 36.1. The molecule has 11 heterocycles. The summed E-state index contributed by atoms with van der Waals surface area (Å²) in [5.74, 6) is -0.421. The van der Waals surface area contributed by atoms with Crippen molar-refractivity contribution < 1.29 is 121 Å². The number of alkyl halides is 3. The van der Waals surface area contributed by atoms with Gasteiger partial charge in [-0.3, -0.25) is 35.1 Å². The Morgan fingerprint density at radius 1 is 0.491 bits per heavy atom. The molecule has 18 nitrogen and oxygen atoms in total. The minimum absolute atomic E-state index is 0. The number of hydrogen-bond donors (Lipinski definition) is 1. The molecule has 1 aliphatic heterocycles. The van der Waals surface area contributed by atoms with Crippen LogP contribution < -0.4 is 0 Å². The topological polar surface area (TPSA) is 201 Å². The summed E-state index contributed by atoms with van der Waals surface area (Å²) in [4.78, 5) is 47.0. The summed E-state index contributed by atoms with van der Waals surface area (Å²) in [6.07, 6.45) is 9.25. The number of allylic oxidation sites excluding steroid dienone is 1. The van der Waals surface area contributed by atoms with Crippen LogP contribution >= 0.6 is 0 Å². The third-order valence-corrected chi connectivity index (χ3v) is 19.5. The van der Waals surface area contributed by atoms with E-state index >= 15 is 0 Å². The second-order valence-electron chi connectivity index (χ2n) is 28.2. The van der Waals surface area contributed by atoms with E-state index in [-0.39, 0.29) is 124 Å². The number of aryl methyl sites for hydroxylation is 3. The number of hydrogen-bond acceptors (Lipinski definition) is 12. The van der Waals surface area contributed by atoms with Crippen molar-refractivity contribution in [3.63, 3.8) is 0 Å². The molecule has 0 aliphatic carbocycles. The number of aromatic carboxylic acids is 1.